The number of fused-ring (bicyclic) bond motifs is 1. The molecule has 0 amide bonds. The van der Waals surface area contributed by atoms with Gasteiger partial charge >= 0.3 is 11.9 Å². The number of hydrogen-bond acceptors (Lipinski definition) is 5. The molecule has 1 heterocycles. The summed E-state index contributed by atoms with van der Waals surface area (Å²) in [6.07, 6.45) is 0.822. The van der Waals surface area contributed by atoms with E-state index in [4.69, 9.17) is 4.74 Å². The third-order valence-corrected chi connectivity index (χ3v) is 4.26. The van der Waals surface area contributed by atoms with Crippen molar-refractivity contribution >= 4 is 22.7 Å². The van der Waals surface area contributed by atoms with Gasteiger partial charge in [0.1, 0.15) is 6.10 Å². The van der Waals surface area contributed by atoms with Gasteiger partial charge in [0, 0.05) is 30.6 Å². The van der Waals surface area contributed by atoms with Crippen LogP contribution in [0.15, 0.2) is 54.1 Å². The standard InChI is InChI=1S/C22H20O5/c1-15(23)26-20(19-14-21(24)27-22(19)25)13-4-2-3-8-16-10-7-11-17-9-5-6-12-18(16)17/h5-7,9-12,14,20,22,25H,2,4,13H2,1H3. The van der Waals surface area contributed by atoms with Crippen molar-refractivity contribution in [1.82, 2.24) is 0 Å². The molecule has 138 valence electrons. The topological polar surface area (TPSA) is 72.8 Å². The van der Waals surface area contributed by atoms with E-state index in [0.29, 0.717) is 19.3 Å². The van der Waals surface area contributed by atoms with E-state index in [1.807, 2.05) is 42.5 Å². The minimum absolute atomic E-state index is 0.275. The number of rotatable bonds is 5. The lowest BCUT2D eigenvalue weighted by Crippen LogP contribution is -2.25. The maximum atomic E-state index is 11.3. The predicted octanol–water partition coefficient (Wildman–Crippen LogP) is 3.09. The lowest BCUT2D eigenvalue weighted by atomic mass is 10.0. The highest BCUT2D eigenvalue weighted by Crippen LogP contribution is 2.23. The van der Waals surface area contributed by atoms with Crippen LogP contribution < -0.4 is 0 Å². The lowest BCUT2D eigenvalue weighted by Gasteiger charge is -2.19. The molecule has 5 nitrogen and oxygen atoms in total. The Morgan fingerprint density at radius 2 is 2.04 bits per heavy atom. The number of carbonyl (C=O) groups is 2. The van der Waals surface area contributed by atoms with E-state index < -0.39 is 24.3 Å². The molecule has 2 atom stereocenters. The van der Waals surface area contributed by atoms with Crippen LogP contribution in [-0.4, -0.2) is 29.4 Å². The van der Waals surface area contributed by atoms with E-state index in [1.165, 1.54) is 13.0 Å². The molecule has 0 radical (unpaired) electrons. The van der Waals surface area contributed by atoms with Crippen molar-refractivity contribution in [2.75, 3.05) is 0 Å². The summed E-state index contributed by atoms with van der Waals surface area (Å²) < 4.78 is 9.90. The van der Waals surface area contributed by atoms with Crippen molar-refractivity contribution in [3.8, 4) is 11.8 Å². The van der Waals surface area contributed by atoms with Gasteiger partial charge in [-0.2, -0.15) is 0 Å². The van der Waals surface area contributed by atoms with Crippen LogP contribution in [-0.2, 0) is 19.1 Å². The average Bonchev–Trinajstić information content (AvgIpc) is 2.98. The number of carbonyl (C=O) groups excluding carboxylic acids is 2. The van der Waals surface area contributed by atoms with E-state index in [-0.39, 0.29) is 5.57 Å². The van der Waals surface area contributed by atoms with Gasteiger partial charge in [-0.1, -0.05) is 48.2 Å². The van der Waals surface area contributed by atoms with Crippen molar-refractivity contribution in [2.45, 2.75) is 38.6 Å². The quantitative estimate of drug-likeness (QED) is 0.501. The Morgan fingerprint density at radius 3 is 2.78 bits per heavy atom. The van der Waals surface area contributed by atoms with Gasteiger partial charge in [0.15, 0.2) is 0 Å². The zero-order valence-corrected chi connectivity index (χ0v) is 15.0. The third-order valence-electron chi connectivity index (χ3n) is 4.26. The Labute approximate surface area is 157 Å². The number of unbranched alkanes of at least 4 members (excludes halogenated alkanes) is 1. The van der Waals surface area contributed by atoms with Crippen molar-refractivity contribution in [3.05, 3.63) is 59.7 Å². The molecule has 1 aliphatic rings. The molecule has 0 aromatic heterocycles. The van der Waals surface area contributed by atoms with E-state index in [2.05, 4.69) is 16.6 Å². The van der Waals surface area contributed by atoms with Gasteiger partial charge in [0.25, 0.3) is 0 Å². The normalized spacial score (nSPS) is 16.9. The summed E-state index contributed by atoms with van der Waals surface area (Å²) in [6, 6.07) is 14.1. The zero-order valence-electron chi connectivity index (χ0n) is 15.0. The smallest absolute Gasteiger partial charge is 0.333 e. The summed E-state index contributed by atoms with van der Waals surface area (Å²) in [4.78, 5) is 22.6. The average molecular weight is 364 g/mol. The summed E-state index contributed by atoms with van der Waals surface area (Å²) in [7, 11) is 0. The molecule has 2 aromatic carbocycles. The number of aliphatic hydroxyl groups is 1. The fourth-order valence-corrected chi connectivity index (χ4v) is 3.03. The van der Waals surface area contributed by atoms with Crippen LogP contribution in [0.3, 0.4) is 0 Å². The van der Waals surface area contributed by atoms with Crippen LogP contribution in [0.2, 0.25) is 0 Å². The van der Waals surface area contributed by atoms with Gasteiger partial charge in [-0.05, 0) is 29.7 Å². The molecule has 1 aliphatic heterocycles. The van der Waals surface area contributed by atoms with E-state index in [9.17, 15) is 14.7 Å². The highest BCUT2D eigenvalue weighted by Gasteiger charge is 2.31. The zero-order chi connectivity index (χ0) is 19.2. The van der Waals surface area contributed by atoms with E-state index in [1.54, 1.807) is 0 Å². The van der Waals surface area contributed by atoms with E-state index in [0.717, 1.165) is 16.3 Å². The fourth-order valence-electron chi connectivity index (χ4n) is 3.03. The Balaban J connectivity index is 1.63. The van der Waals surface area contributed by atoms with Crippen LogP contribution in [0.4, 0.5) is 0 Å². The Kier molecular flexibility index (Phi) is 5.90. The van der Waals surface area contributed by atoms with Crippen LogP contribution in [0.5, 0.6) is 0 Å². The van der Waals surface area contributed by atoms with Crippen molar-refractivity contribution in [2.24, 2.45) is 0 Å². The molecule has 0 fully saturated rings. The minimum Gasteiger partial charge on any atom is -0.458 e. The first-order valence-electron chi connectivity index (χ1n) is 8.78. The minimum atomic E-state index is -1.36. The van der Waals surface area contributed by atoms with Crippen molar-refractivity contribution in [1.29, 1.82) is 0 Å². The van der Waals surface area contributed by atoms with E-state index >= 15 is 0 Å². The molecule has 2 aromatic rings. The van der Waals surface area contributed by atoms with Crippen LogP contribution >= 0.6 is 0 Å². The summed E-state index contributed by atoms with van der Waals surface area (Å²) in [5.74, 6) is 5.22. The first kappa shape index (κ1) is 18.7. The summed E-state index contributed by atoms with van der Waals surface area (Å²) in [6.45, 7) is 1.29. The first-order chi connectivity index (χ1) is 13.0. The second-order valence-corrected chi connectivity index (χ2v) is 6.25. The van der Waals surface area contributed by atoms with Crippen LogP contribution in [0.25, 0.3) is 10.8 Å². The fraction of sp³-hybridized carbons (Fsp3) is 0.273. The molecule has 27 heavy (non-hydrogen) atoms. The van der Waals surface area contributed by atoms with Gasteiger partial charge < -0.3 is 14.6 Å². The van der Waals surface area contributed by atoms with Crippen molar-refractivity contribution < 1.29 is 24.2 Å². The molecular weight excluding hydrogens is 344 g/mol. The Morgan fingerprint density at radius 1 is 1.26 bits per heavy atom. The predicted molar refractivity (Wildman–Crippen MR) is 100 cm³/mol. The summed E-state index contributed by atoms with van der Waals surface area (Å²) in [5.41, 5.74) is 1.25. The SMILES string of the molecule is CC(=O)OC(CCCC#Cc1cccc2ccccc12)C1=CC(=O)OC1O. The Hall–Kier alpha value is -3.10. The number of esters is 2. The maximum Gasteiger partial charge on any atom is 0.333 e. The van der Waals surface area contributed by atoms with Gasteiger partial charge in [-0.3, -0.25) is 4.79 Å². The highest BCUT2D eigenvalue weighted by molar-refractivity contribution is 5.88. The molecule has 2 unspecified atom stereocenters. The molecule has 0 saturated heterocycles. The Bertz CT molecular complexity index is 943. The molecule has 0 bridgehead atoms. The highest BCUT2D eigenvalue weighted by atomic mass is 16.6. The molecule has 1 N–H and O–H groups in total. The summed E-state index contributed by atoms with van der Waals surface area (Å²) >= 11 is 0. The first-order valence-corrected chi connectivity index (χ1v) is 8.78. The number of hydrogen-bond donors (Lipinski definition) is 1. The molecule has 3 rings (SSSR count). The molecular formula is C22H20O5. The molecule has 5 heteroatoms. The molecule has 0 aliphatic carbocycles. The molecule has 0 spiro atoms. The van der Waals surface area contributed by atoms with Crippen molar-refractivity contribution in [3.63, 3.8) is 0 Å². The third kappa shape index (κ3) is 4.75. The largest absolute Gasteiger partial charge is 0.458 e. The number of ether oxygens (including phenoxy) is 2. The maximum absolute atomic E-state index is 11.3. The van der Waals surface area contributed by atoms with Gasteiger partial charge in [0.2, 0.25) is 6.29 Å². The molecule has 0 saturated carbocycles. The number of aliphatic hydroxyl groups excluding tert-OH is 1. The van der Waals surface area contributed by atoms with Crippen LogP contribution in [0.1, 0.15) is 31.7 Å². The second-order valence-electron chi connectivity index (χ2n) is 6.25. The second kappa shape index (κ2) is 8.52. The van der Waals surface area contributed by atoms with Crippen LogP contribution in [0, 0.1) is 11.8 Å². The summed E-state index contributed by atoms with van der Waals surface area (Å²) in [5, 5.41) is 12.0. The number of benzene rings is 2. The van der Waals surface area contributed by atoms with Gasteiger partial charge in [0.05, 0.1) is 0 Å². The van der Waals surface area contributed by atoms with Gasteiger partial charge in [-0.15, -0.1) is 0 Å². The monoisotopic (exact) mass is 364 g/mol. The number of cyclic esters (lactones) is 1. The lowest BCUT2D eigenvalue weighted by molar-refractivity contribution is -0.153. The van der Waals surface area contributed by atoms with Gasteiger partial charge in [-0.25, -0.2) is 4.79 Å².